The second-order valence-corrected chi connectivity index (χ2v) is 2.20. The Bertz CT molecular complexity index is 289. The van der Waals surface area contributed by atoms with Gasteiger partial charge >= 0.3 is 0 Å². The predicted octanol–water partition coefficient (Wildman–Crippen LogP) is 1.07. The molecule has 0 bridgehead atoms. The van der Waals surface area contributed by atoms with Crippen LogP contribution in [0.25, 0.3) is 0 Å². The monoisotopic (exact) mass is 167 g/mol. The van der Waals surface area contributed by atoms with Gasteiger partial charge in [0.2, 0.25) is 5.90 Å². The second-order valence-electron chi connectivity index (χ2n) is 2.20. The molecule has 0 radical (unpaired) electrons. The van der Waals surface area contributed by atoms with E-state index in [1.807, 2.05) is 0 Å². The molecule has 0 amide bonds. The topological polar surface area (TPSA) is 73.5 Å². The highest BCUT2D eigenvalue weighted by Crippen LogP contribution is 2.26. The Hall–Kier alpha value is -1.71. The van der Waals surface area contributed by atoms with Crippen LogP contribution in [0.1, 0.15) is 5.56 Å². The van der Waals surface area contributed by atoms with Gasteiger partial charge in [0.1, 0.15) is 17.1 Å². The maximum absolute atomic E-state index is 9.21. The van der Waals surface area contributed by atoms with E-state index in [-0.39, 0.29) is 23.0 Å². The van der Waals surface area contributed by atoms with Crippen molar-refractivity contribution >= 4 is 5.90 Å². The molecular weight excluding hydrogens is 158 g/mol. The van der Waals surface area contributed by atoms with E-state index < -0.39 is 0 Å². The van der Waals surface area contributed by atoms with Crippen LogP contribution in [0.5, 0.6) is 11.5 Å². The molecule has 3 N–H and O–H groups in total. The van der Waals surface area contributed by atoms with Crippen LogP contribution in [-0.4, -0.2) is 23.2 Å². The highest BCUT2D eigenvalue weighted by molar-refractivity contribution is 5.97. The van der Waals surface area contributed by atoms with Gasteiger partial charge in [-0.25, -0.2) is 0 Å². The number of phenolic OH excluding ortho intramolecular Hbond substituents is 2. The molecule has 0 heterocycles. The summed E-state index contributed by atoms with van der Waals surface area (Å²) in [5, 5.41) is 25.6. The third-order valence-electron chi connectivity index (χ3n) is 1.45. The number of rotatable bonds is 1. The van der Waals surface area contributed by atoms with Gasteiger partial charge in [0, 0.05) is 0 Å². The molecule has 0 atom stereocenters. The molecule has 12 heavy (non-hydrogen) atoms. The fourth-order valence-corrected chi connectivity index (χ4v) is 0.863. The molecule has 0 aliphatic rings. The van der Waals surface area contributed by atoms with Crippen molar-refractivity contribution in [3.05, 3.63) is 23.8 Å². The molecule has 0 saturated heterocycles. The first-order chi connectivity index (χ1) is 5.66. The summed E-state index contributed by atoms with van der Waals surface area (Å²) in [7, 11) is 1.30. The van der Waals surface area contributed by atoms with Gasteiger partial charge in [-0.2, -0.15) is 0 Å². The Morgan fingerprint density at radius 3 is 2.25 bits per heavy atom. The Balaban J connectivity index is 3.21. The van der Waals surface area contributed by atoms with Crippen molar-refractivity contribution in [3.8, 4) is 11.5 Å². The summed E-state index contributed by atoms with van der Waals surface area (Å²) in [4.78, 5) is 0. The third-order valence-corrected chi connectivity index (χ3v) is 1.45. The second kappa shape index (κ2) is 3.13. The van der Waals surface area contributed by atoms with Gasteiger partial charge in [0.25, 0.3) is 0 Å². The quantitative estimate of drug-likeness (QED) is 0.432. The minimum Gasteiger partial charge on any atom is -0.507 e. The first-order valence-corrected chi connectivity index (χ1v) is 3.30. The normalized spacial score (nSPS) is 9.42. The van der Waals surface area contributed by atoms with E-state index in [1.165, 1.54) is 25.3 Å². The molecule has 1 rings (SSSR count). The van der Waals surface area contributed by atoms with Crippen LogP contribution >= 0.6 is 0 Å². The average Bonchev–Trinajstić information content (AvgIpc) is 2.03. The number of hydrogen-bond donors (Lipinski definition) is 3. The van der Waals surface area contributed by atoms with Crippen molar-refractivity contribution in [1.29, 1.82) is 5.41 Å². The minimum absolute atomic E-state index is 0.0139. The Morgan fingerprint density at radius 1 is 1.33 bits per heavy atom. The van der Waals surface area contributed by atoms with Crippen LogP contribution in [-0.2, 0) is 4.74 Å². The van der Waals surface area contributed by atoms with Crippen LogP contribution in [0.15, 0.2) is 18.2 Å². The maximum Gasteiger partial charge on any atom is 0.220 e. The van der Waals surface area contributed by atoms with Gasteiger partial charge in [-0.3, -0.25) is 5.41 Å². The van der Waals surface area contributed by atoms with Crippen LogP contribution < -0.4 is 0 Å². The van der Waals surface area contributed by atoms with Crippen LogP contribution in [0.3, 0.4) is 0 Å². The maximum atomic E-state index is 9.21. The molecule has 0 aliphatic heterocycles. The zero-order valence-corrected chi connectivity index (χ0v) is 6.53. The van der Waals surface area contributed by atoms with Crippen molar-refractivity contribution in [2.45, 2.75) is 0 Å². The zero-order chi connectivity index (χ0) is 9.14. The summed E-state index contributed by atoms with van der Waals surface area (Å²) < 4.78 is 4.56. The molecule has 0 spiro atoms. The van der Waals surface area contributed by atoms with Gasteiger partial charge in [0.05, 0.1) is 7.11 Å². The van der Waals surface area contributed by atoms with Crippen molar-refractivity contribution in [3.63, 3.8) is 0 Å². The van der Waals surface area contributed by atoms with Gasteiger partial charge in [-0.05, 0) is 12.1 Å². The lowest BCUT2D eigenvalue weighted by Crippen LogP contribution is -2.01. The molecule has 0 fully saturated rings. The van der Waals surface area contributed by atoms with E-state index in [1.54, 1.807) is 0 Å². The molecule has 4 heteroatoms. The van der Waals surface area contributed by atoms with E-state index in [2.05, 4.69) is 4.74 Å². The Labute approximate surface area is 69.5 Å². The van der Waals surface area contributed by atoms with E-state index in [4.69, 9.17) is 5.41 Å². The summed E-state index contributed by atoms with van der Waals surface area (Å²) in [5.41, 5.74) is 0.0139. The van der Waals surface area contributed by atoms with Gasteiger partial charge in [-0.1, -0.05) is 6.07 Å². The number of benzene rings is 1. The Kier molecular flexibility index (Phi) is 2.19. The molecular formula is C8H9NO3. The predicted molar refractivity (Wildman–Crippen MR) is 43.6 cm³/mol. The van der Waals surface area contributed by atoms with Gasteiger partial charge < -0.3 is 14.9 Å². The SMILES string of the molecule is COC(=N)c1c(O)cccc1O. The molecule has 0 aromatic heterocycles. The number of hydrogen-bond acceptors (Lipinski definition) is 4. The molecule has 0 unspecified atom stereocenters. The number of phenols is 2. The summed E-state index contributed by atoms with van der Waals surface area (Å²) in [6, 6.07) is 4.24. The standard InChI is InChI=1S/C8H9NO3/c1-12-8(9)7-5(10)3-2-4-6(7)11/h2-4,9-11H,1H3. The number of nitrogens with one attached hydrogen (secondary N) is 1. The first kappa shape index (κ1) is 8.39. The number of ether oxygens (including phenoxy) is 1. The fourth-order valence-electron chi connectivity index (χ4n) is 0.863. The number of methoxy groups -OCH3 is 1. The zero-order valence-electron chi connectivity index (χ0n) is 6.53. The molecule has 4 nitrogen and oxygen atoms in total. The third kappa shape index (κ3) is 1.32. The molecule has 1 aromatic carbocycles. The molecule has 1 aromatic rings. The summed E-state index contributed by atoms with van der Waals surface area (Å²) in [6.45, 7) is 0. The van der Waals surface area contributed by atoms with Gasteiger partial charge in [-0.15, -0.1) is 0 Å². The molecule has 0 saturated carbocycles. The molecule has 0 aliphatic carbocycles. The summed E-state index contributed by atoms with van der Waals surface area (Å²) in [5.74, 6) is -0.589. The van der Waals surface area contributed by atoms with E-state index >= 15 is 0 Å². The summed E-state index contributed by atoms with van der Waals surface area (Å²) >= 11 is 0. The van der Waals surface area contributed by atoms with E-state index in [0.29, 0.717) is 0 Å². The van der Waals surface area contributed by atoms with Crippen LogP contribution in [0.4, 0.5) is 0 Å². The lowest BCUT2D eigenvalue weighted by molar-refractivity contribution is 0.389. The minimum atomic E-state index is -0.259. The van der Waals surface area contributed by atoms with Crippen molar-refractivity contribution in [2.75, 3.05) is 7.11 Å². The lowest BCUT2D eigenvalue weighted by atomic mass is 10.2. The van der Waals surface area contributed by atoms with Crippen molar-refractivity contribution < 1.29 is 14.9 Å². The van der Waals surface area contributed by atoms with E-state index in [0.717, 1.165) is 0 Å². The fraction of sp³-hybridized carbons (Fsp3) is 0.125. The van der Waals surface area contributed by atoms with Crippen LogP contribution in [0, 0.1) is 5.41 Å². The number of aromatic hydroxyl groups is 2. The van der Waals surface area contributed by atoms with Gasteiger partial charge in [0.15, 0.2) is 0 Å². The van der Waals surface area contributed by atoms with Crippen molar-refractivity contribution in [1.82, 2.24) is 0 Å². The highest BCUT2D eigenvalue weighted by Gasteiger charge is 2.11. The Morgan fingerprint density at radius 2 is 1.83 bits per heavy atom. The average molecular weight is 167 g/mol. The smallest absolute Gasteiger partial charge is 0.220 e. The van der Waals surface area contributed by atoms with Crippen LogP contribution in [0.2, 0.25) is 0 Å². The lowest BCUT2D eigenvalue weighted by Gasteiger charge is -2.06. The highest BCUT2D eigenvalue weighted by atomic mass is 16.5. The van der Waals surface area contributed by atoms with E-state index in [9.17, 15) is 10.2 Å². The largest absolute Gasteiger partial charge is 0.507 e. The summed E-state index contributed by atoms with van der Waals surface area (Å²) in [6.07, 6.45) is 0. The first-order valence-electron chi connectivity index (χ1n) is 3.30. The van der Waals surface area contributed by atoms with Crippen molar-refractivity contribution in [2.24, 2.45) is 0 Å². The molecule has 64 valence electrons.